The van der Waals surface area contributed by atoms with E-state index in [1.54, 1.807) is 0 Å². The molecule has 0 bridgehead atoms. The molecule has 0 N–H and O–H groups in total. The minimum absolute atomic E-state index is 0.279. The molecule has 0 amide bonds. The monoisotopic (exact) mass is 304 g/mol. The van der Waals surface area contributed by atoms with Crippen molar-refractivity contribution in [1.82, 2.24) is 0 Å². The summed E-state index contributed by atoms with van der Waals surface area (Å²) in [5.41, 5.74) is 0. The van der Waals surface area contributed by atoms with Crippen molar-refractivity contribution in [1.29, 1.82) is 0 Å². The molecule has 0 saturated carbocycles. The van der Waals surface area contributed by atoms with E-state index in [-0.39, 0.29) is 13.3 Å². The highest BCUT2D eigenvalue weighted by atomic mass is 35.5. The Hall–Kier alpha value is -0.840. The van der Waals surface area contributed by atoms with Crippen LogP contribution in [0.4, 0.5) is 0 Å². The first kappa shape index (κ1) is 15.5. The molecule has 1 unspecified atom stereocenters. The van der Waals surface area contributed by atoms with Crippen molar-refractivity contribution in [3.63, 3.8) is 0 Å². The fraction of sp³-hybridized carbons (Fsp3) is 0.333. The quantitative estimate of drug-likeness (QED) is 0.503. The topological polar surface area (TPSA) is 0 Å². The van der Waals surface area contributed by atoms with E-state index in [1.165, 1.54) is 23.5 Å². The lowest BCUT2D eigenvalue weighted by Crippen LogP contribution is -2.18. The fourth-order valence-electron chi connectivity index (χ4n) is 2.29. The van der Waals surface area contributed by atoms with E-state index in [4.69, 9.17) is 11.6 Å². The molecular formula is C18H22ClP. The van der Waals surface area contributed by atoms with Gasteiger partial charge in [0.05, 0.1) is 0 Å². The van der Waals surface area contributed by atoms with E-state index in [0.717, 1.165) is 12.6 Å². The first-order chi connectivity index (χ1) is 9.81. The van der Waals surface area contributed by atoms with Crippen LogP contribution in [0.3, 0.4) is 0 Å². The van der Waals surface area contributed by atoms with Crippen molar-refractivity contribution in [3.05, 3.63) is 60.7 Å². The van der Waals surface area contributed by atoms with Crippen molar-refractivity contribution < 1.29 is 0 Å². The number of halogens is 1. The van der Waals surface area contributed by atoms with Crippen molar-refractivity contribution in [2.75, 3.05) is 6.16 Å². The average molecular weight is 305 g/mol. The Morgan fingerprint density at radius 1 is 0.900 bits per heavy atom. The molecule has 0 aliphatic heterocycles. The van der Waals surface area contributed by atoms with E-state index in [0.29, 0.717) is 0 Å². The minimum atomic E-state index is -0.339. The maximum Gasteiger partial charge on any atom is 0.0381 e. The highest BCUT2D eigenvalue weighted by Crippen LogP contribution is 2.36. The van der Waals surface area contributed by atoms with Gasteiger partial charge >= 0.3 is 0 Å². The molecule has 2 aromatic carbocycles. The molecule has 0 aliphatic rings. The summed E-state index contributed by atoms with van der Waals surface area (Å²) in [6.07, 6.45) is 4.64. The predicted octanol–water partition coefficient (Wildman–Crippen LogP) is 4.92. The van der Waals surface area contributed by atoms with Crippen LogP contribution in [0.1, 0.15) is 26.2 Å². The van der Waals surface area contributed by atoms with Gasteiger partial charge in [0.25, 0.3) is 0 Å². The molecular weight excluding hydrogens is 283 g/mol. The highest BCUT2D eigenvalue weighted by Gasteiger charge is 2.17. The van der Waals surface area contributed by atoms with Crippen LogP contribution < -0.4 is 10.6 Å². The SMILES string of the molecule is CCCCC(Cl)CP(c1ccccc1)c1ccccc1. The van der Waals surface area contributed by atoms with E-state index in [1.807, 2.05) is 0 Å². The molecule has 2 rings (SSSR count). The summed E-state index contributed by atoms with van der Waals surface area (Å²) in [7, 11) is -0.339. The van der Waals surface area contributed by atoms with Crippen LogP contribution in [0.25, 0.3) is 0 Å². The van der Waals surface area contributed by atoms with Gasteiger partial charge in [0.1, 0.15) is 0 Å². The molecule has 0 nitrogen and oxygen atoms in total. The second kappa shape index (κ2) is 8.45. The fourth-order valence-corrected chi connectivity index (χ4v) is 5.22. The number of unbranched alkanes of at least 4 members (excludes halogenated alkanes) is 1. The van der Waals surface area contributed by atoms with Gasteiger partial charge in [-0.05, 0) is 31.1 Å². The standard InChI is InChI=1S/C18H22ClP/c1-2-3-10-16(19)15-20(17-11-6-4-7-12-17)18-13-8-5-9-14-18/h4-9,11-14,16H,2-3,10,15H2,1H3. The molecule has 0 radical (unpaired) electrons. The maximum atomic E-state index is 6.57. The van der Waals surface area contributed by atoms with Crippen LogP contribution in [0, 0.1) is 0 Å². The molecule has 0 spiro atoms. The van der Waals surface area contributed by atoms with Gasteiger partial charge in [-0.25, -0.2) is 0 Å². The lowest BCUT2D eigenvalue weighted by atomic mass is 10.2. The zero-order valence-electron chi connectivity index (χ0n) is 12.0. The third-order valence-electron chi connectivity index (χ3n) is 3.39. The van der Waals surface area contributed by atoms with Crippen molar-refractivity contribution in [3.8, 4) is 0 Å². The smallest absolute Gasteiger partial charge is 0.0381 e. The lowest BCUT2D eigenvalue weighted by Gasteiger charge is -2.21. The van der Waals surface area contributed by atoms with Gasteiger partial charge in [0.2, 0.25) is 0 Å². The van der Waals surface area contributed by atoms with Crippen LogP contribution in [0.2, 0.25) is 0 Å². The third kappa shape index (κ3) is 4.62. The number of rotatable bonds is 7. The Kier molecular flexibility index (Phi) is 6.57. The van der Waals surface area contributed by atoms with Gasteiger partial charge in [-0.2, -0.15) is 0 Å². The van der Waals surface area contributed by atoms with Crippen LogP contribution in [-0.4, -0.2) is 11.5 Å². The van der Waals surface area contributed by atoms with Crippen molar-refractivity contribution in [2.45, 2.75) is 31.6 Å². The minimum Gasteiger partial charge on any atom is -0.123 e. The third-order valence-corrected chi connectivity index (χ3v) is 6.62. The summed E-state index contributed by atoms with van der Waals surface area (Å²) in [5.74, 6) is 0. The summed E-state index contributed by atoms with van der Waals surface area (Å²) < 4.78 is 0. The maximum absolute atomic E-state index is 6.57. The highest BCUT2D eigenvalue weighted by molar-refractivity contribution is 7.73. The van der Waals surface area contributed by atoms with Crippen molar-refractivity contribution in [2.24, 2.45) is 0 Å². The van der Waals surface area contributed by atoms with Gasteiger partial charge in [0, 0.05) is 5.38 Å². The molecule has 0 aliphatic carbocycles. The number of alkyl halides is 1. The second-order valence-corrected chi connectivity index (χ2v) is 7.89. The average Bonchev–Trinajstić information content (AvgIpc) is 2.52. The number of benzene rings is 2. The van der Waals surface area contributed by atoms with Gasteiger partial charge in [0.15, 0.2) is 0 Å². The van der Waals surface area contributed by atoms with E-state index >= 15 is 0 Å². The predicted molar refractivity (Wildman–Crippen MR) is 93.1 cm³/mol. The second-order valence-electron chi connectivity index (χ2n) is 5.02. The Bertz CT molecular complexity index is 444. The van der Waals surface area contributed by atoms with Crippen LogP contribution >= 0.6 is 19.5 Å². The summed E-state index contributed by atoms with van der Waals surface area (Å²) in [4.78, 5) is 0. The summed E-state index contributed by atoms with van der Waals surface area (Å²) >= 11 is 6.57. The van der Waals surface area contributed by atoms with Gasteiger partial charge in [-0.3, -0.25) is 0 Å². The van der Waals surface area contributed by atoms with E-state index in [2.05, 4.69) is 67.6 Å². The van der Waals surface area contributed by atoms with Gasteiger partial charge < -0.3 is 0 Å². The van der Waals surface area contributed by atoms with Crippen LogP contribution in [0.15, 0.2) is 60.7 Å². The Morgan fingerprint density at radius 2 is 1.40 bits per heavy atom. The Labute approximate surface area is 128 Å². The molecule has 2 aromatic rings. The zero-order valence-corrected chi connectivity index (χ0v) is 13.7. The van der Waals surface area contributed by atoms with Gasteiger partial charge in [-0.15, -0.1) is 11.6 Å². The Morgan fingerprint density at radius 3 is 1.85 bits per heavy atom. The lowest BCUT2D eigenvalue weighted by molar-refractivity contribution is 0.711. The van der Waals surface area contributed by atoms with Gasteiger partial charge in [-0.1, -0.05) is 80.4 Å². The molecule has 2 heteroatoms. The first-order valence-corrected chi connectivity index (χ1v) is 9.29. The first-order valence-electron chi connectivity index (χ1n) is 7.33. The van der Waals surface area contributed by atoms with E-state index < -0.39 is 0 Å². The van der Waals surface area contributed by atoms with Crippen LogP contribution in [0.5, 0.6) is 0 Å². The molecule has 106 valence electrons. The molecule has 0 fully saturated rings. The summed E-state index contributed by atoms with van der Waals surface area (Å²) in [5, 5.41) is 3.13. The number of hydrogen-bond acceptors (Lipinski definition) is 0. The molecule has 0 saturated heterocycles. The normalized spacial score (nSPS) is 12.6. The molecule has 0 heterocycles. The molecule has 0 aromatic heterocycles. The Balaban J connectivity index is 2.17. The summed E-state index contributed by atoms with van der Waals surface area (Å²) in [6, 6.07) is 21.6. The molecule has 20 heavy (non-hydrogen) atoms. The zero-order chi connectivity index (χ0) is 14.2. The largest absolute Gasteiger partial charge is 0.123 e. The molecule has 1 atom stereocenters. The van der Waals surface area contributed by atoms with E-state index in [9.17, 15) is 0 Å². The van der Waals surface area contributed by atoms with Crippen molar-refractivity contribution >= 4 is 30.1 Å². The summed E-state index contributed by atoms with van der Waals surface area (Å²) in [6.45, 7) is 2.22. The number of hydrogen-bond donors (Lipinski definition) is 0. The van der Waals surface area contributed by atoms with Crippen LogP contribution in [-0.2, 0) is 0 Å².